The minimum Gasteiger partial charge on any atom is -0.382 e. The molecule has 0 bridgehead atoms. The van der Waals surface area contributed by atoms with Crippen molar-refractivity contribution in [1.29, 1.82) is 0 Å². The van der Waals surface area contributed by atoms with Gasteiger partial charge in [-0.2, -0.15) is 0 Å². The van der Waals surface area contributed by atoms with Crippen LogP contribution < -0.4 is 5.32 Å². The minimum atomic E-state index is 0.0618. The fourth-order valence-corrected chi connectivity index (χ4v) is 2.64. The lowest BCUT2D eigenvalue weighted by atomic mass is 9.95. The van der Waals surface area contributed by atoms with Gasteiger partial charge in [-0.25, -0.2) is 0 Å². The molecule has 1 fully saturated rings. The van der Waals surface area contributed by atoms with Crippen molar-refractivity contribution in [2.45, 2.75) is 45.1 Å². The van der Waals surface area contributed by atoms with E-state index in [1.165, 1.54) is 37.7 Å². The summed E-state index contributed by atoms with van der Waals surface area (Å²) in [5, 5.41) is 3.61. The molecule has 0 heterocycles. The van der Waals surface area contributed by atoms with Crippen LogP contribution in [0.1, 0.15) is 48.0 Å². The predicted molar refractivity (Wildman–Crippen MR) is 79.7 cm³/mol. The zero-order valence-electron chi connectivity index (χ0n) is 12.2. The molecule has 104 valence electrons. The molecular weight excluding hydrogens is 236 g/mol. The highest BCUT2D eigenvalue weighted by atomic mass is 16.2. The largest absolute Gasteiger partial charge is 0.382 e. The van der Waals surface area contributed by atoms with E-state index in [0.717, 1.165) is 11.3 Å². The third-order valence-electron chi connectivity index (χ3n) is 3.86. The van der Waals surface area contributed by atoms with E-state index in [9.17, 15) is 4.79 Å². The summed E-state index contributed by atoms with van der Waals surface area (Å²) in [5.74, 6) is 0.0618. The topological polar surface area (TPSA) is 32.3 Å². The van der Waals surface area contributed by atoms with Gasteiger partial charge in [0.2, 0.25) is 0 Å². The highest BCUT2D eigenvalue weighted by molar-refractivity contribution is 5.95. The molecule has 0 saturated heterocycles. The van der Waals surface area contributed by atoms with Gasteiger partial charge in [0.15, 0.2) is 0 Å². The summed E-state index contributed by atoms with van der Waals surface area (Å²) >= 11 is 0. The standard InChI is InChI=1S/C16H24N2O/c1-12-9-10-13(16(19)18(2)3)11-15(12)17-14-7-5-4-6-8-14/h9-11,14,17H,4-8H2,1-3H3. The molecule has 19 heavy (non-hydrogen) atoms. The molecule has 0 spiro atoms. The monoisotopic (exact) mass is 260 g/mol. The Bertz CT molecular complexity index is 448. The number of carbonyl (C=O) groups excluding carboxylic acids is 1. The quantitative estimate of drug-likeness (QED) is 0.903. The molecule has 0 atom stereocenters. The highest BCUT2D eigenvalue weighted by Crippen LogP contribution is 2.24. The van der Waals surface area contributed by atoms with Crippen molar-refractivity contribution in [3.8, 4) is 0 Å². The lowest BCUT2D eigenvalue weighted by Gasteiger charge is -2.25. The summed E-state index contributed by atoms with van der Waals surface area (Å²) in [5.41, 5.74) is 3.08. The van der Waals surface area contributed by atoms with Crippen molar-refractivity contribution >= 4 is 11.6 Å². The number of carbonyl (C=O) groups is 1. The van der Waals surface area contributed by atoms with Gasteiger partial charge < -0.3 is 10.2 Å². The minimum absolute atomic E-state index is 0.0618. The molecule has 0 aromatic heterocycles. The highest BCUT2D eigenvalue weighted by Gasteiger charge is 2.15. The number of amides is 1. The van der Waals surface area contributed by atoms with Gasteiger partial charge in [-0.15, -0.1) is 0 Å². The molecule has 1 aliphatic rings. The van der Waals surface area contributed by atoms with Crippen molar-refractivity contribution in [2.24, 2.45) is 0 Å². The van der Waals surface area contributed by atoms with Crippen LogP contribution in [0.2, 0.25) is 0 Å². The first-order valence-corrected chi connectivity index (χ1v) is 7.17. The third-order valence-corrected chi connectivity index (χ3v) is 3.86. The second-order valence-corrected chi connectivity index (χ2v) is 5.71. The molecule has 3 heteroatoms. The summed E-state index contributed by atoms with van der Waals surface area (Å²) in [4.78, 5) is 13.6. The maximum absolute atomic E-state index is 12.0. The van der Waals surface area contributed by atoms with Gasteiger partial charge in [-0.1, -0.05) is 25.3 Å². The molecule has 1 amide bonds. The smallest absolute Gasteiger partial charge is 0.253 e. The van der Waals surface area contributed by atoms with Crippen LogP contribution in [0.25, 0.3) is 0 Å². The van der Waals surface area contributed by atoms with Crippen LogP contribution in [-0.4, -0.2) is 30.9 Å². The van der Waals surface area contributed by atoms with Gasteiger partial charge in [0.05, 0.1) is 0 Å². The number of nitrogens with one attached hydrogen (secondary N) is 1. The van der Waals surface area contributed by atoms with Crippen LogP contribution in [0, 0.1) is 6.92 Å². The first-order chi connectivity index (χ1) is 9.08. The maximum atomic E-state index is 12.0. The van der Waals surface area contributed by atoms with E-state index in [-0.39, 0.29) is 5.91 Å². The summed E-state index contributed by atoms with van der Waals surface area (Å²) in [6, 6.07) is 6.50. The van der Waals surface area contributed by atoms with E-state index in [2.05, 4.69) is 12.2 Å². The SMILES string of the molecule is Cc1ccc(C(=O)N(C)C)cc1NC1CCCCC1. The average Bonchev–Trinajstić information content (AvgIpc) is 2.41. The van der Waals surface area contributed by atoms with E-state index in [1.807, 2.05) is 18.2 Å². The Hall–Kier alpha value is -1.51. The normalized spacial score (nSPS) is 16.2. The molecule has 1 N–H and O–H groups in total. The Labute approximate surface area is 116 Å². The van der Waals surface area contributed by atoms with Crippen molar-refractivity contribution in [1.82, 2.24) is 4.90 Å². The van der Waals surface area contributed by atoms with E-state index < -0.39 is 0 Å². The first kappa shape index (κ1) is 13.9. The van der Waals surface area contributed by atoms with Gasteiger partial charge in [0, 0.05) is 31.4 Å². The van der Waals surface area contributed by atoms with Gasteiger partial charge >= 0.3 is 0 Å². The van der Waals surface area contributed by atoms with Gasteiger partial charge in [-0.05, 0) is 37.5 Å². The van der Waals surface area contributed by atoms with Crippen LogP contribution in [0.15, 0.2) is 18.2 Å². The summed E-state index contributed by atoms with van der Waals surface area (Å²) in [6.45, 7) is 2.09. The van der Waals surface area contributed by atoms with Crippen molar-refractivity contribution in [3.05, 3.63) is 29.3 Å². The molecule has 0 aliphatic heterocycles. The Morgan fingerprint density at radius 3 is 2.53 bits per heavy atom. The fourth-order valence-electron chi connectivity index (χ4n) is 2.64. The molecule has 1 aromatic carbocycles. The van der Waals surface area contributed by atoms with E-state index >= 15 is 0 Å². The zero-order valence-corrected chi connectivity index (χ0v) is 12.2. The number of rotatable bonds is 3. The van der Waals surface area contributed by atoms with E-state index in [1.54, 1.807) is 19.0 Å². The van der Waals surface area contributed by atoms with Gasteiger partial charge in [-0.3, -0.25) is 4.79 Å². The fraction of sp³-hybridized carbons (Fsp3) is 0.562. The lowest BCUT2D eigenvalue weighted by Crippen LogP contribution is -2.24. The summed E-state index contributed by atoms with van der Waals surface area (Å²) < 4.78 is 0. The number of hydrogen-bond acceptors (Lipinski definition) is 2. The van der Waals surface area contributed by atoms with E-state index in [4.69, 9.17) is 0 Å². The Kier molecular flexibility index (Phi) is 4.46. The van der Waals surface area contributed by atoms with Gasteiger partial charge in [0.25, 0.3) is 5.91 Å². The molecule has 0 radical (unpaired) electrons. The number of hydrogen-bond donors (Lipinski definition) is 1. The Balaban J connectivity index is 2.14. The first-order valence-electron chi connectivity index (χ1n) is 7.17. The maximum Gasteiger partial charge on any atom is 0.253 e. The number of anilines is 1. The van der Waals surface area contributed by atoms with Crippen LogP contribution in [0.3, 0.4) is 0 Å². The third kappa shape index (κ3) is 3.49. The molecule has 3 nitrogen and oxygen atoms in total. The Morgan fingerprint density at radius 1 is 1.21 bits per heavy atom. The lowest BCUT2D eigenvalue weighted by molar-refractivity contribution is 0.0827. The zero-order chi connectivity index (χ0) is 13.8. The molecule has 1 aliphatic carbocycles. The molecule has 1 aromatic rings. The number of aryl methyl sites for hydroxylation is 1. The molecular formula is C16H24N2O. The second kappa shape index (κ2) is 6.09. The molecule has 2 rings (SSSR count). The van der Waals surface area contributed by atoms with E-state index in [0.29, 0.717) is 6.04 Å². The van der Waals surface area contributed by atoms with Crippen molar-refractivity contribution < 1.29 is 4.79 Å². The Morgan fingerprint density at radius 2 is 1.89 bits per heavy atom. The molecule has 1 saturated carbocycles. The predicted octanol–water partition coefficient (Wildman–Crippen LogP) is 3.44. The number of benzene rings is 1. The van der Waals surface area contributed by atoms with Crippen LogP contribution in [0.5, 0.6) is 0 Å². The van der Waals surface area contributed by atoms with Gasteiger partial charge in [0.1, 0.15) is 0 Å². The van der Waals surface area contributed by atoms with Crippen LogP contribution in [-0.2, 0) is 0 Å². The van der Waals surface area contributed by atoms with Crippen LogP contribution >= 0.6 is 0 Å². The van der Waals surface area contributed by atoms with Crippen molar-refractivity contribution in [3.63, 3.8) is 0 Å². The second-order valence-electron chi connectivity index (χ2n) is 5.71. The summed E-state index contributed by atoms with van der Waals surface area (Å²) in [6.07, 6.45) is 6.47. The average molecular weight is 260 g/mol. The molecule has 0 unspecified atom stereocenters. The number of nitrogens with zero attached hydrogens (tertiary/aromatic N) is 1. The summed E-state index contributed by atoms with van der Waals surface area (Å²) in [7, 11) is 3.58. The van der Waals surface area contributed by atoms with Crippen LogP contribution in [0.4, 0.5) is 5.69 Å². The van der Waals surface area contributed by atoms with Crippen molar-refractivity contribution in [2.75, 3.05) is 19.4 Å².